The first kappa shape index (κ1) is 28.1. The van der Waals surface area contributed by atoms with Gasteiger partial charge in [-0.15, -0.1) is 0 Å². The summed E-state index contributed by atoms with van der Waals surface area (Å²) >= 11 is 0. The van der Waals surface area contributed by atoms with Crippen molar-refractivity contribution in [3.63, 3.8) is 0 Å². The molecule has 3 fully saturated rings. The summed E-state index contributed by atoms with van der Waals surface area (Å²) in [6.07, 6.45) is 4.79. The Morgan fingerprint density at radius 2 is 1.44 bits per heavy atom. The standard InChI is InChI=1S/C35H39NO4Si/c1-27(26-37)32(24-34-19-11-12-28(25-36)33(34)35(21-20-34)38-22-23-39-35)40-41(29-13-5-2-6-14-29,30-15-7-3-8-16-30)31-17-9-4-10-18-31/h2-10,13-18,28,32-33,37H,1,11-12,19-24,26H2/t28-,32?,33+,34+/m1/s1. The third kappa shape index (κ3) is 4.90. The summed E-state index contributed by atoms with van der Waals surface area (Å²) in [5.41, 5.74) is 0.474. The van der Waals surface area contributed by atoms with Crippen LogP contribution in [0.4, 0.5) is 0 Å². The van der Waals surface area contributed by atoms with Gasteiger partial charge < -0.3 is 19.0 Å². The number of nitriles is 1. The maximum atomic E-state index is 10.5. The van der Waals surface area contributed by atoms with E-state index in [1.54, 1.807) is 0 Å². The molecule has 3 aliphatic rings. The summed E-state index contributed by atoms with van der Waals surface area (Å²) in [5.74, 6) is -0.861. The maximum absolute atomic E-state index is 10.5. The summed E-state index contributed by atoms with van der Waals surface area (Å²) in [4.78, 5) is 0. The number of fused-ring (bicyclic) bond motifs is 2. The number of nitrogens with zero attached hydrogens (tertiary/aromatic N) is 1. The van der Waals surface area contributed by atoms with Crippen LogP contribution in [0.2, 0.25) is 0 Å². The van der Waals surface area contributed by atoms with Gasteiger partial charge in [-0.2, -0.15) is 5.26 Å². The van der Waals surface area contributed by atoms with Gasteiger partial charge in [0.1, 0.15) is 0 Å². The van der Waals surface area contributed by atoms with Crippen LogP contribution in [-0.4, -0.2) is 45.1 Å². The maximum Gasteiger partial charge on any atom is 0.288 e. The Bertz CT molecular complexity index is 1270. The summed E-state index contributed by atoms with van der Waals surface area (Å²) in [7, 11) is -3.06. The molecule has 0 amide bonds. The highest BCUT2D eigenvalue weighted by atomic mass is 28.4. The molecule has 3 aromatic rings. The zero-order valence-corrected chi connectivity index (χ0v) is 24.6. The van der Waals surface area contributed by atoms with Crippen LogP contribution in [0, 0.1) is 28.6 Å². The van der Waals surface area contributed by atoms with E-state index in [-0.39, 0.29) is 23.9 Å². The number of hydrogen-bond acceptors (Lipinski definition) is 5. The highest BCUT2D eigenvalue weighted by Gasteiger charge is 2.64. The van der Waals surface area contributed by atoms with E-state index < -0.39 is 20.2 Å². The normalized spacial score (nSPS) is 25.9. The smallest absolute Gasteiger partial charge is 0.288 e. The number of ether oxygens (including phenoxy) is 2. The van der Waals surface area contributed by atoms with Crippen molar-refractivity contribution in [3.8, 4) is 6.07 Å². The van der Waals surface area contributed by atoms with Gasteiger partial charge in [0.05, 0.1) is 37.9 Å². The van der Waals surface area contributed by atoms with Gasteiger partial charge in [0.15, 0.2) is 5.79 Å². The van der Waals surface area contributed by atoms with Crippen molar-refractivity contribution in [2.45, 2.75) is 50.4 Å². The second kappa shape index (κ2) is 11.7. The molecular weight excluding hydrogens is 526 g/mol. The SMILES string of the molecule is C=C(CO)C(C[C@@]12CCC[C@H](C#N)[C@@H]1C1(CC2)OCCO1)O[Si](c1ccccc1)(c1ccccc1)c1ccccc1. The second-order valence-electron chi connectivity index (χ2n) is 11.9. The van der Waals surface area contributed by atoms with E-state index in [2.05, 4.69) is 85.4 Å². The minimum Gasteiger partial charge on any atom is -0.397 e. The van der Waals surface area contributed by atoms with Crippen molar-refractivity contribution in [2.75, 3.05) is 19.8 Å². The molecule has 0 aromatic heterocycles. The van der Waals surface area contributed by atoms with Crippen LogP contribution in [-0.2, 0) is 13.9 Å². The molecule has 1 aliphatic heterocycles. The first-order valence-electron chi connectivity index (χ1n) is 14.9. The molecular formula is C35H39NO4Si. The molecule has 2 aliphatic carbocycles. The van der Waals surface area contributed by atoms with Gasteiger partial charge in [0.2, 0.25) is 0 Å². The van der Waals surface area contributed by atoms with E-state index in [0.29, 0.717) is 25.2 Å². The Morgan fingerprint density at radius 1 is 0.902 bits per heavy atom. The number of benzene rings is 3. The molecule has 41 heavy (non-hydrogen) atoms. The Morgan fingerprint density at radius 3 is 1.93 bits per heavy atom. The number of aliphatic hydroxyl groups excluding tert-OH is 1. The van der Waals surface area contributed by atoms with Gasteiger partial charge in [0.25, 0.3) is 8.32 Å². The van der Waals surface area contributed by atoms with Crippen molar-refractivity contribution in [3.05, 3.63) is 103 Å². The van der Waals surface area contributed by atoms with E-state index in [1.807, 2.05) is 18.2 Å². The number of aliphatic hydroxyl groups is 1. The Balaban J connectivity index is 1.48. The first-order valence-corrected chi connectivity index (χ1v) is 16.8. The third-order valence-corrected chi connectivity index (χ3v) is 13.8. The lowest BCUT2D eigenvalue weighted by atomic mass is 9.60. The minimum atomic E-state index is -3.06. The van der Waals surface area contributed by atoms with Gasteiger partial charge in [-0.1, -0.05) is 104 Å². The highest BCUT2D eigenvalue weighted by Crippen LogP contribution is 2.63. The van der Waals surface area contributed by atoms with E-state index in [9.17, 15) is 10.4 Å². The average molecular weight is 566 g/mol. The molecule has 0 radical (unpaired) electrons. The molecule has 1 unspecified atom stereocenters. The molecule has 0 bridgehead atoms. The summed E-state index contributed by atoms with van der Waals surface area (Å²) in [5, 5.41) is 24.2. The fourth-order valence-corrected chi connectivity index (χ4v) is 12.1. The average Bonchev–Trinajstić information content (AvgIpc) is 3.65. The van der Waals surface area contributed by atoms with Crippen LogP contribution in [0.3, 0.4) is 0 Å². The van der Waals surface area contributed by atoms with Crippen molar-refractivity contribution in [1.29, 1.82) is 5.26 Å². The molecule has 5 nitrogen and oxygen atoms in total. The summed E-state index contributed by atoms with van der Waals surface area (Å²) in [6, 6.07) is 34.2. The van der Waals surface area contributed by atoms with Crippen molar-refractivity contribution in [1.82, 2.24) is 0 Å². The zero-order chi connectivity index (χ0) is 28.3. The Labute approximate surface area is 244 Å². The van der Waals surface area contributed by atoms with Crippen LogP contribution in [0.25, 0.3) is 0 Å². The molecule has 3 aromatic carbocycles. The van der Waals surface area contributed by atoms with E-state index in [1.165, 1.54) is 0 Å². The fourth-order valence-electron chi connectivity index (χ4n) is 8.00. The molecule has 1 heterocycles. The predicted octanol–water partition coefficient (Wildman–Crippen LogP) is 4.44. The Hall–Kier alpha value is -3.05. The molecule has 6 heteroatoms. The van der Waals surface area contributed by atoms with Crippen LogP contribution in [0.1, 0.15) is 38.5 Å². The second-order valence-corrected chi connectivity index (χ2v) is 15.2. The van der Waals surface area contributed by atoms with E-state index in [0.717, 1.165) is 47.7 Å². The van der Waals surface area contributed by atoms with Crippen LogP contribution < -0.4 is 15.6 Å². The molecule has 1 spiro atoms. The molecule has 1 saturated heterocycles. The summed E-state index contributed by atoms with van der Waals surface area (Å²) < 4.78 is 20.2. The van der Waals surface area contributed by atoms with Gasteiger partial charge in [-0.25, -0.2) is 0 Å². The summed E-state index contributed by atoms with van der Waals surface area (Å²) in [6.45, 7) is 5.34. The molecule has 212 valence electrons. The van der Waals surface area contributed by atoms with Gasteiger partial charge >= 0.3 is 0 Å². The number of hydrogen-bond donors (Lipinski definition) is 1. The van der Waals surface area contributed by atoms with Gasteiger partial charge in [-0.3, -0.25) is 0 Å². The predicted molar refractivity (Wildman–Crippen MR) is 162 cm³/mol. The monoisotopic (exact) mass is 565 g/mol. The fraction of sp³-hybridized carbons (Fsp3) is 0.400. The van der Waals surface area contributed by atoms with E-state index in [4.69, 9.17) is 13.9 Å². The molecule has 4 atom stereocenters. The van der Waals surface area contributed by atoms with Gasteiger partial charge in [0, 0.05) is 12.3 Å². The van der Waals surface area contributed by atoms with Gasteiger partial charge in [-0.05, 0) is 52.2 Å². The van der Waals surface area contributed by atoms with E-state index >= 15 is 0 Å². The Kier molecular flexibility index (Phi) is 8.00. The van der Waals surface area contributed by atoms with Crippen LogP contribution >= 0.6 is 0 Å². The first-order chi connectivity index (χ1) is 20.1. The lowest BCUT2D eigenvalue weighted by Gasteiger charge is -2.48. The molecule has 1 N–H and O–H groups in total. The van der Waals surface area contributed by atoms with Crippen LogP contribution in [0.15, 0.2) is 103 Å². The highest BCUT2D eigenvalue weighted by molar-refractivity contribution is 7.07. The lowest BCUT2D eigenvalue weighted by molar-refractivity contribution is -0.210. The third-order valence-electron chi connectivity index (χ3n) is 9.75. The van der Waals surface area contributed by atoms with Crippen molar-refractivity contribution >= 4 is 23.9 Å². The largest absolute Gasteiger partial charge is 0.397 e. The van der Waals surface area contributed by atoms with Crippen LogP contribution in [0.5, 0.6) is 0 Å². The topological polar surface area (TPSA) is 71.7 Å². The molecule has 6 rings (SSSR count). The lowest BCUT2D eigenvalue weighted by Crippen LogP contribution is -2.70. The number of rotatable bonds is 9. The quantitative estimate of drug-likeness (QED) is 0.236. The zero-order valence-electron chi connectivity index (χ0n) is 23.6. The van der Waals surface area contributed by atoms with Crippen molar-refractivity contribution < 1.29 is 19.0 Å². The van der Waals surface area contributed by atoms with Crippen molar-refractivity contribution in [2.24, 2.45) is 17.3 Å². The minimum absolute atomic E-state index is 0.0323. The molecule has 2 saturated carbocycles.